The fourth-order valence-corrected chi connectivity index (χ4v) is 2.93. The number of hydrogen-bond acceptors (Lipinski definition) is 2. The molecule has 2 heteroatoms. The molecule has 0 saturated heterocycles. The Bertz CT molecular complexity index is 150. The maximum absolute atomic E-state index is 5.64. The van der Waals surface area contributed by atoms with E-state index in [1.807, 2.05) is 11.8 Å². The highest BCUT2D eigenvalue weighted by Gasteiger charge is 2.04. The average molecular weight is 275 g/mol. The summed E-state index contributed by atoms with van der Waals surface area (Å²) in [7, 11) is 0. The van der Waals surface area contributed by atoms with Gasteiger partial charge in [0.2, 0.25) is 0 Å². The third kappa shape index (κ3) is 12.8. The zero-order chi connectivity index (χ0) is 13.5. The Morgan fingerprint density at radius 3 is 1.72 bits per heavy atom. The Hall–Kier alpha value is 0.310. The summed E-state index contributed by atoms with van der Waals surface area (Å²) in [6, 6.07) is 0. The smallest absolute Gasteiger partial charge is 0.102 e. The molecule has 0 amide bonds. The average Bonchev–Trinajstić information content (AvgIpc) is 2.39. The van der Waals surface area contributed by atoms with Crippen molar-refractivity contribution in [2.75, 3.05) is 12.9 Å². The molecule has 0 heterocycles. The number of hydrogen-bond donors (Lipinski definition) is 0. The topological polar surface area (TPSA) is 9.23 Å². The first-order chi connectivity index (χ1) is 8.85. The van der Waals surface area contributed by atoms with Gasteiger partial charge in [-0.15, -0.1) is 11.8 Å². The van der Waals surface area contributed by atoms with E-state index in [2.05, 4.69) is 20.1 Å². The third-order valence-electron chi connectivity index (χ3n) is 3.41. The van der Waals surface area contributed by atoms with Crippen LogP contribution >= 0.6 is 11.8 Å². The Labute approximate surface area is 119 Å². The molecule has 0 aliphatic carbocycles. The van der Waals surface area contributed by atoms with Crippen molar-refractivity contribution in [3.63, 3.8) is 0 Å². The highest BCUT2D eigenvalue weighted by molar-refractivity contribution is 7.99. The number of thioether (sulfide) groups is 1. The minimum Gasteiger partial charge on any atom is -0.368 e. The molecular weight excluding hydrogens is 240 g/mol. The Kier molecular flexibility index (Phi) is 15.6. The molecule has 1 unspecified atom stereocenters. The molecule has 1 atom stereocenters. The summed E-state index contributed by atoms with van der Waals surface area (Å²) in [4.78, 5) is 0. The molecule has 1 nitrogen and oxygen atoms in total. The van der Waals surface area contributed by atoms with Crippen LogP contribution in [0.2, 0.25) is 0 Å². The summed E-state index contributed by atoms with van der Waals surface area (Å²) in [5.41, 5.74) is 0.434. The molecule has 0 aromatic carbocycles. The molecule has 0 aliphatic rings. The van der Waals surface area contributed by atoms with E-state index in [-0.39, 0.29) is 0 Å². The van der Waals surface area contributed by atoms with Crippen molar-refractivity contribution in [3.05, 3.63) is 0 Å². The van der Waals surface area contributed by atoms with Crippen molar-refractivity contribution < 1.29 is 4.74 Å². The first kappa shape index (κ1) is 18.3. The summed E-state index contributed by atoms with van der Waals surface area (Å²) < 4.78 is 5.64. The lowest BCUT2D eigenvalue weighted by atomic mass is 10.1. The van der Waals surface area contributed by atoms with Crippen molar-refractivity contribution in [2.24, 2.45) is 0 Å². The molecule has 0 aromatic heterocycles. The monoisotopic (exact) mass is 274 g/mol. The molecule has 0 saturated carbocycles. The molecule has 0 bridgehead atoms. The molecule has 0 radical (unpaired) electrons. The van der Waals surface area contributed by atoms with Gasteiger partial charge in [-0.3, -0.25) is 0 Å². The van der Waals surface area contributed by atoms with Gasteiger partial charge in [0.05, 0.1) is 0 Å². The van der Waals surface area contributed by atoms with Gasteiger partial charge < -0.3 is 4.74 Å². The minimum atomic E-state index is 0.434. The Morgan fingerprint density at radius 1 is 0.778 bits per heavy atom. The van der Waals surface area contributed by atoms with Crippen LogP contribution in [-0.2, 0) is 4.74 Å². The standard InChI is InChI=1S/C16H34OS/c1-4-6-7-8-9-10-11-12-13-14-15-16(18-3)17-5-2/h16H,4-15H2,1-3H3. The first-order valence-electron chi connectivity index (χ1n) is 7.99. The normalized spacial score (nSPS) is 12.8. The quantitative estimate of drug-likeness (QED) is 0.283. The lowest BCUT2D eigenvalue weighted by Crippen LogP contribution is -2.07. The second kappa shape index (κ2) is 15.4. The molecular formula is C16H34OS. The molecule has 0 fully saturated rings. The van der Waals surface area contributed by atoms with E-state index in [1.54, 1.807) is 0 Å². The molecule has 0 aromatic rings. The summed E-state index contributed by atoms with van der Waals surface area (Å²) in [5, 5.41) is 0. The van der Waals surface area contributed by atoms with Crippen LogP contribution in [0.15, 0.2) is 0 Å². The maximum Gasteiger partial charge on any atom is 0.102 e. The van der Waals surface area contributed by atoms with Crippen LogP contribution in [0.5, 0.6) is 0 Å². The van der Waals surface area contributed by atoms with Crippen LogP contribution in [0, 0.1) is 0 Å². The van der Waals surface area contributed by atoms with Crippen molar-refractivity contribution >= 4 is 11.8 Å². The second-order valence-corrected chi connectivity index (χ2v) is 6.09. The summed E-state index contributed by atoms with van der Waals surface area (Å²) >= 11 is 1.85. The fourth-order valence-electron chi connectivity index (χ4n) is 2.25. The molecule has 0 spiro atoms. The SMILES string of the molecule is CCCCCCCCCCCCC(OCC)SC. The predicted octanol–water partition coefficient (Wildman–Crippen LogP) is 6.02. The lowest BCUT2D eigenvalue weighted by molar-refractivity contribution is 0.117. The Balaban J connectivity index is 3.10. The van der Waals surface area contributed by atoms with Crippen LogP contribution < -0.4 is 0 Å². The highest BCUT2D eigenvalue weighted by Crippen LogP contribution is 2.17. The zero-order valence-corrected chi connectivity index (χ0v) is 13.7. The third-order valence-corrected chi connectivity index (χ3v) is 4.31. The fraction of sp³-hybridized carbons (Fsp3) is 1.00. The number of ether oxygens (including phenoxy) is 1. The van der Waals surface area contributed by atoms with Gasteiger partial charge in [-0.25, -0.2) is 0 Å². The summed E-state index contributed by atoms with van der Waals surface area (Å²) in [5.74, 6) is 0. The van der Waals surface area contributed by atoms with E-state index >= 15 is 0 Å². The second-order valence-electron chi connectivity index (χ2n) is 5.09. The predicted molar refractivity (Wildman–Crippen MR) is 85.4 cm³/mol. The number of unbranched alkanes of at least 4 members (excludes halogenated alkanes) is 9. The van der Waals surface area contributed by atoms with Crippen LogP contribution in [0.3, 0.4) is 0 Å². The minimum absolute atomic E-state index is 0.434. The van der Waals surface area contributed by atoms with Gasteiger partial charge in [0.25, 0.3) is 0 Å². The van der Waals surface area contributed by atoms with Gasteiger partial charge in [-0.1, -0.05) is 64.7 Å². The van der Waals surface area contributed by atoms with Gasteiger partial charge in [-0.2, -0.15) is 0 Å². The van der Waals surface area contributed by atoms with E-state index < -0.39 is 0 Å². The molecule has 0 N–H and O–H groups in total. The molecule has 18 heavy (non-hydrogen) atoms. The Morgan fingerprint density at radius 2 is 1.28 bits per heavy atom. The molecule has 110 valence electrons. The van der Waals surface area contributed by atoms with Gasteiger partial charge >= 0.3 is 0 Å². The van der Waals surface area contributed by atoms with Crippen molar-refractivity contribution in [1.29, 1.82) is 0 Å². The van der Waals surface area contributed by atoms with E-state index in [9.17, 15) is 0 Å². The summed E-state index contributed by atoms with van der Waals surface area (Å²) in [6.07, 6.45) is 17.5. The van der Waals surface area contributed by atoms with Gasteiger partial charge in [-0.05, 0) is 26.0 Å². The van der Waals surface area contributed by atoms with Gasteiger partial charge in [0, 0.05) is 6.61 Å². The van der Waals surface area contributed by atoms with E-state index in [0.29, 0.717) is 5.44 Å². The number of rotatable bonds is 14. The van der Waals surface area contributed by atoms with Gasteiger partial charge in [0.15, 0.2) is 0 Å². The lowest BCUT2D eigenvalue weighted by Gasteiger charge is -2.13. The van der Waals surface area contributed by atoms with E-state index in [0.717, 1.165) is 6.61 Å². The van der Waals surface area contributed by atoms with Crippen molar-refractivity contribution in [3.8, 4) is 0 Å². The highest BCUT2D eigenvalue weighted by atomic mass is 32.2. The largest absolute Gasteiger partial charge is 0.368 e. The molecule has 0 rings (SSSR count). The van der Waals surface area contributed by atoms with Crippen LogP contribution in [0.4, 0.5) is 0 Å². The molecule has 0 aliphatic heterocycles. The van der Waals surface area contributed by atoms with E-state index in [1.165, 1.54) is 70.6 Å². The van der Waals surface area contributed by atoms with Crippen LogP contribution in [0.25, 0.3) is 0 Å². The van der Waals surface area contributed by atoms with Crippen LogP contribution in [-0.4, -0.2) is 18.3 Å². The van der Waals surface area contributed by atoms with E-state index in [4.69, 9.17) is 4.74 Å². The van der Waals surface area contributed by atoms with Crippen molar-refractivity contribution in [1.82, 2.24) is 0 Å². The van der Waals surface area contributed by atoms with Crippen LogP contribution in [0.1, 0.15) is 84.5 Å². The zero-order valence-electron chi connectivity index (χ0n) is 12.9. The van der Waals surface area contributed by atoms with Gasteiger partial charge in [0.1, 0.15) is 5.44 Å². The summed E-state index contributed by atoms with van der Waals surface area (Å²) in [6.45, 7) is 5.22. The maximum atomic E-state index is 5.64. The van der Waals surface area contributed by atoms with Crippen molar-refractivity contribution in [2.45, 2.75) is 89.9 Å². The first-order valence-corrected chi connectivity index (χ1v) is 9.28.